The van der Waals surface area contributed by atoms with Crippen molar-refractivity contribution in [3.05, 3.63) is 124 Å². The Morgan fingerprint density at radius 2 is 1.03 bits per heavy atom. The number of anilines is 1. The Morgan fingerprint density at radius 1 is 0.556 bits per heavy atom. The van der Waals surface area contributed by atoms with E-state index < -0.39 is 0 Å². The van der Waals surface area contributed by atoms with Crippen LogP contribution in [0.5, 0.6) is 0 Å². The summed E-state index contributed by atoms with van der Waals surface area (Å²) < 4.78 is 0. The molecule has 0 amide bonds. The van der Waals surface area contributed by atoms with Crippen molar-refractivity contribution in [2.75, 3.05) is 18.0 Å². The Balaban J connectivity index is 0.000000861. The van der Waals surface area contributed by atoms with E-state index in [0.29, 0.717) is 0 Å². The van der Waals surface area contributed by atoms with Gasteiger partial charge >= 0.3 is 0 Å². The first-order valence-corrected chi connectivity index (χ1v) is 13.7. The summed E-state index contributed by atoms with van der Waals surface area (Å²) in [7, 11) is 0. The Bertz CT molecular complexity index is 1200. The zero-order valence-electron chi connectivity index (χ0n) is 23.5. The second-order valence-corrected chi connectivity index (χ2v) is 8.90. The van der Waals surface area contributed by atoms with Crippen LogP contribution in [-0.2, 0) is 5.41 Å². The summed E-state index contributed by atoms with van der Waals surface area (Å²) in [6.45, 7) is 18.8. The maximum absolute atomic E-state index is 2.50. The maximum Gasteiger partial charge on any atom is 0.0733 e. The average Bonchev–Trinajstić information content (AvgIpc) is 3.24. The molecule has 0 spiro atoms. The summed E-state index contributed by atoms with van der Waals surface area (Å²) in [6.07, 6.45) is 0. The zero-order valence-corrected chi connectivity index (χ0v) is 23.5. The molecule has 1 heteroatoms. The molecule has 36 heavy (non-hydrogen) atoms. The van der Waals surface area contributed by atoms with Crippen molar-refractivity contribution in [3.63, 3.8) is 0 Å². The number of hydrogen-bond donors (Lipinski definition) is 0. The van der Waals surface area contributed by atoms with Crippen molar-refractivity contribution >= 4 is 5.69 Å². The zero-order chi connectivity index (χ0) is 26.3. The summed E-state index contributed by atoms with van der Waals surface area (Å²) in [5, 5.41) is 0. The fourth-order valence-corrected chi connectivity index (χ4v) is 5.54. The van der Waals surface area contributed by atoms with Crippen LogP contribution in [0, 0.1) is 13.8 Å². The minimum Gasteiger partial charge on any atom is -0.372 e. The quantitative estimate of drug-likeness (QED) is 0.243. The molecule has 0 atom stereocenters. The van der Waals surface area contributed by atoms with Crippen LogP contribution in [0.4, 0.5) is 5.69 Å². The number of fused-ring (bicyclic) bond motifs is 3. The number of rotatable bonds is 5. The summed E-state index contributed by atoms with van der Waals surface area (Å²) >= 11 is 0. The highest BCUT2D eigenvalue weighted by molar-refractivity contribution is 5.91. The van der Waals surface area contributed by atoms with E-state index in [1.807, 2.05) is 27.7 Å². The van der Waals surface area contributed by atoms with Crippen LogP contribution in [0.2, 0.25) is 0 Å². The van der Waals surface area contributed by atoms with E-state index in [0.717, 1.165) is 13.1 Å². The molecular weight excluding hydrogens is 434 g/mol. The van der Waals surface area contributed by atoms with Gasteiger partial charge in [0.2, 0.25) is 0 Å². The molecule has 0 aliphatic heterocycles. The topological polar surface area (TPSA) is 3.24 Å². The van der Waals surface area contributed by atoms with E-state index in [-0.39, 0.29) is 5.41 Å². The van der Waals surface area contributed by atoms with Crippen molar-refractivity contribution in [1.82, 2.24) is 0 Å². The molecule has 0 radical (unpaired) electrons. The van der Waals surface area contributed by atoms with Gasteiger partial charge in [-0.2, -0.15) is 0 Å². The monoisotopic (exact) mass is 477 g/mol. The van der Waals surface area contributed by atoms with Crippen molar-refractivity contribution in [1.29, 1.82) is 0 Å². The number of hydrogen-bond acceptors (Lipinski definition) is 1. The van der Waals surface area contributed by atoms with E-state index in [1.165, 1.54) is 50.2 Å². The molecule has 4 aromatic rings. The number of nitrogens with zero attached hydrogens (tertiary/aromatic N) is 1. The smallest absolute Gasteiger partial charge is 0.0733 e. The van der Waals surface area contributed by atoms with Crippen LogP contribution in [-0.4, -0.2) is 13.1 Å². The normalized spacial score (nSPS) is 12.3. The maximum atomic E-state index is 2.50. The highest BCUT2D eigenvalue weighted by Crippen LogP contribution is 2.58. The lowest BCUT2D eigenvalue weighted by Crippen LogP contribution is -2.32. The molecule has 0 unspecified atom stereocenters. The van der Waals surface area contributed by atoms with E-state index in [2.05, 4.69) is 124 Å². The highest BCUT2D eigenvalue weighted by atomic mass is 15.1. The summed E-state index contributed by atoms with van der Waals surface area (Å²) in [5.41, 5.74) is 11.7. The lowest BCUT2D eigenvalue weighted by Gasteiger charge is -2.37. The van der Waals surface area contributed by atoms with Gasteiger partial charge in [-0.1, -0.05) is 124 Å². The van der Waals surface area contributed by atoms with Gasteiger partial charge in [0.25, 0.3) is 0 Å². The van der Waals surface area contributed by atoms with Crippen molar-refractivity contribution in [2.45, 2.75) is 60.8 Å². The molecule has 0 heterocycles. The van der Waals surface area contributed by atoms with Gasteiger partial charge in [0.15, 0.2) is 0 Å². The molecule has 0 bridgehead atoms. The minimum atomic E-state index is -0.341. The minimum absolute atomic E-state index is 0.341. The van der Waals surface area contributed by atoms with Gasteiger partial charge in [0, 0.05) is 24.3 Å². The first-order chi connectivity index (χ1) is 17.6. The third-order valence-electron chi connectivity index (χ3n) is 7.11. The molecule has 0 aromatic heterocycles. The number of aryl methyl sites for hydroxylation is 2. The SMILES string of the molecule is CC.CC.CCN(CC)c1cccc2c1C(c1ccc(C)cc1)(c1ccc(C)cc1)c1ccccc1-2. The van der Waals surface area contributed by atoms with Crippen LogP contribution in [0.3, 0.4) is 0 Å². The molecule has 1 aliphatic carbocycles. The Hall–Kier alpha value is -3.32. The van der Waals surface area contributed by atoms with Crippen LogP contribution >= 0.6 is 0 Å². The van der Waals surface area contributed by atoms with Crippen LogP contribution in [0.1, 0.15) is 74.9 Å². The molecule has 0 saturated carbocycles. The Labute approximate surface area is 219 Å². The van der Waals surface area contributed by atoms with Crippen molar-refractivity contribution in [3.8, 4) is 11.1 Å². The van der Waals surface area contributed by atoms with E-state index >= 15 is 0 Å². The summed E-state index contributed by atoms with van der Waals surface area (Å²) in [5.74, 6) is 0. The predicted octanol–water partition coefficient (Wildman–Crippen LogP) is 9.57. The van der Waals surface area contributed by atoms with Gasteiger partial charge < -0.3 is 4.90 Å². The van der Waals surface area contributed by atoms with Crippen LogP contribution in [0.15, 0.2) is 91.0 Å². The highest BCUT2D eigenvalue weighted by Gasteiger charge is 2.47. The summed E-state index contributed by atoms with van der Waals surface area (Å²) in [6, 6.07) is 34.2. The van der Waals surface area contributed by atoms with Crippen molar-refractivity contribution in [2.24, 2.45) is 0 Å². The first-order valence-electron chi connectivity index (χ1n) is 13.7. The Kier molecular flexibility index (Phi) is 9.15. The Morgan fingerprint density at radius 3 is 1.53 bits per heavy atom. The molecule has 4 aromatic carbocycles. The molecular formula is C35H43N. The van der Waals surface area contributed by atoms with Crippen LogP contribution in [0.25, 0.3) is 11.1 Å². The largest absolute Gasteiger partial charge is 0.372 e. The average molecular weight is 478 g/mol. The molecule has 1 nitrogen and oxygen atoms in total. The fourth-order valence-electron chi connectivity index (χ4n) is 5.54. The van der Waals surface area contributed by atoms with Gasteiger partial charge in [-0.05, 0) is 61.6 Å². The second-order valence-electron chi connectivity index (χ2n) is 8.90. The van der Waals surface area contributed by atoms with E-state index in [9.17, 15) is 0 Å². The standard InChI is InChI=1S/C31H31N.2C2H6/c1-5-32(6-2)29-13-9-11-27-26-10-7-8-12-28(26)31(30(27)29,24-18-14-22(3)15-19-24)25-20-16-23(4)17-21-25;2*1-2/h7-21H,5-6H2,1-4H3;2*1-2H3. The van der Waals surface area contributed by atoms with Crippen molar-refractivity contribution < 1.29 is 0 Å². The third-order valence-corrected chi connectivity index (χ3v) is 7.11. The fraction of sp³-hybridized carbons (Fsp3) is 0.314. The summed E-state index contributed by atoms with van der Waals surface area (Å²) in [4.78, 5) is 2.50. The van der Waals surface area contributed by atoms with E-state index in [1.54, 1.807) is 0 Å². The van der Waals surface area contributed by atoms with Gasteiger partial charge in [-0.25, -0.2) is 0 Å². The lowest BCUT2D eigenvalue weighted by molar-refractivity contribution is 0.752. The molecule has 0 saturated heterocycles. The molecule has 5 rings (SSSR count). The van der Waals surface area contributed by atoms with Gasteiger partial charge in [-0.3, -0.25) is 0 Å². The molecule has 0 fully saturated rings. The third kappa shape index (κ3) is 4.48. The molecule has 1 aliphatic rings. The predicted molar refractivity (Wildman–Crippen MR) is 159 cm³/mol. The first kappa shape index (κ1) is 27.3. The van der Waals surface area contributed by atoms with Gasteiger partial charge in [0.05, 0.1) is 5.41 Å². The second kappa shape index (κ2) is 12.1. The van der Waals surface area contributed by atoms with Crippen LogP contribution < -0.4 is 4.90 Å². The molecule has 188 valence electrons. The van der Waals surface area contributed by atoms with Gasteiger partial charge in [-0.15, -0.1) is 0 Å². The van der Waals surface area contributed by atoms with E-state index in [4.69, 9.17) is 0 Å². The lowest BCUT2D eigenvalue weighted by atomic mass is 9.67. The number of benzene rings is 4. The molecule has 0 N–H and O–H groups in total. The van der Waals surface area contributed by atoms with Gasteiger partial charge in [0.1, 0.15) is 0 Å².